The second-order valence-corrected chi connectivity index (χ2v) is 3.27. The number of Topliss-reactive ketones (excluding diaryl/α,β-unsaturated/α-hetero) is 1. The summed E-state index contributed by atoms with van der Waals surface area (Å²) in [6.07, 6.45) is -3.41. The van der Waals surface area contributed by atoms with Crippen LogP contribution in [0.2, 0.25) is 0 Å². The second-order valence-electron chi connectivity index (χ2n) is 3.27. The van der Waals surface area contributed by atoms with E-state index in [1.807, 2.05) is 0 Å². The standard InChI is InChI=1S/C9H14O6/c1-2-7(11)15-4-6-9(13)8(12)5(10)3-14-6/h5-6,8,10,12H,2-4H2,1H3/t5?,6?,8-/m0/s1. The van der Waals surface area contributed by atoms with Crippen LogP contribution in [0.1, 0.15) is 13.3 Å². The minimum atomic E-state index is -1.45. The van der Waals surface area contributed by atoms with Crippen molar-refractivity contribution in [3.8, 4) is 0 Å². The van der Waals surface area contributed by atoms with Crippen molar-refractivity contribution in [3.05, 3.63) is 0 Å². The van der Waals surface area contributed by atoms with Gasteiger partial charge in [-0.1, -0.05) is 6.92 Å². The van der Waals surface area contributed by atoms with Crippen molar-refractivity contribution in [2.75, 3.05) is 13.2 Å². The molecule has 0 saturated carbocycles. The zero-order valence-electron chi connectivity index (χ0n) is 8.38. The first-order valence-corrected chi connectivity index (χ1v) is 4.73. The Bertz CT molecular complexity index is 251. The van der Waals surface area contributed by atoms with Crippen molar-refractivity contribution in [2.45, 2.75) is 31.7 Å². The lowest BCUT2D eigenvalue weighted by Crippen LogP contribution is -2.51. The van der Waals surface area contributed by atoms with Gasteiger partial charge in [0.1, 0.15) is 18.8 Å². The molecular weight excluding hydrogens is 204 g/mol. The molecule has 3 atom stereocenters. The molecule has 15 heavy (non-hydrogen) atoms. The summed E-state index contributed by atoms with van der Waals surface area (Å²) in [6, 6.07) is 0. The van der Waals surface area contributed by atoms with E-state index in [0.717, 1.165) is 0 Å². The Morgan fingerprint density at radius 1 is 1.60 bits per heavy atom. The van der Waals surface area contributed by atoms with Crippen LogP contribution in [0.25, 0.3) is 0 Å². The van der Waals surface area contributed by atoms with Crippen LogP contribution in [0.5, 0.6) is 0 Å². The van der Waals surface area contributed by atoms with Crippen LogP contribution >= 0.6 is 0 Å². The Labute approximate surface area is 86.8 Å². The molecular formula is C9H14O6. The molecule has 1 fully saturated rings. The van der Waals surface area contributed by atoms with Crippen LogP contribution in [-0.2, 0) is 19.1 Å². The van der Waals surface area contributed by atoms with E-state index in [1.54, 1.807) is 6.92 Å². The zero-order chi connectivity index (χ0) is 11.4. The summed E-state index contributed by atoms with van der Waals surface area (Å²) in [6.45, 7) is 1.28. The van der Waals surface area contributed by atoms with E-state index in [-0.39, 0.29) is 19.6 Å². The maximum atomic E-state index is 11.3. The summed E-state index contributed by atoms with van der Waals surface area (Å²) in [7, 11) is 0. The summed E-state index contributed by atoms with van der Waals surface area (Å²) in [5.41, 5.74) is 0. The Morgan fingerprint density at radius 2 is 2.27 bits per heavy atom. The van der Waals surface area contributed by atoms with Gasteiger partial charge in [-0.15, -0.1) is 0 Å². The highest BCUT2D eigenvalue weighted by Crippen LogP contribution is 2.11. The van der Waals surface area contributed by atoms with E-state index in [9.17, 15) is 14.7 Å². The van der Waals surface area contributed by atoms with Gasteiger partial charge in [-0.2, -0.15) is 0 Å². The van der Waals surface area contributed by atoms with Gasteiger partial charge in [0.15, 0.2) is 11.9 Å². The highest BCUT2D eigenvalue weighted by atomic mass is 16.6. The number of aliphatic hydroxyl groups is 2. The van der Waals surface area contributed by atoms with E-state index in [0.29, 0.717) is 0 Å². The van der Waals surface area contributed by atoms with E-state index in [1.165, 1.54) is 0 Å². The van der Waals surface area contributed by atoms with Crippen molar-refractivity contribution in [2.24, 2.45) is 0 Å². The molecule has 1 saturated heterocycles. The largest absolute Gasteiger partial charge is 0.462 e. The summed E-state index contributed by atoms with van der Waals surface area (Å²) < 4.78 is 9.64. The molecule has 1 aliphatic heterocycles. The van der Waals surface area contributed by atoms with Gasteiger partial charge < -0.3 is 19.7 Å². The van der Waals surface area contributed by atoms with Crippen LogP contribution in [0.15, 0.2) is 0 Å². The fourth-order valence-corrected chi connectivity index (χ4v) is 1.17. The normalized spacial score (nSPS) is 31.4. The molecule has 86 valence electrons. The number of ether oxygens (including phenoxy) is 2. The molecule has 0 amide bonds. The molecule has 0 aromatic heterocycles. The molecule has 0 spiro atoms. The van der Waals surface area contributed by atoms with Gasteiger partial charge in [0.05, 0.1) is 6.61 Å². The van der Waals surface area contributed by atoms with Crippen LogP contribution in [-0.4, -0.2) is 53.5 Å². The van der Waals surface area contributed by atoms with Crippen LogP contribution in [0, 0.1) is 0 Å². The van der Waals surface area contributed by atoms with Crippen LogP contribution in [0.3, 0.4) is 0 Å². The van der Waals surface area contributed by atoms with Crippen LogP contribution < -0.4 is 0 Å². The molecule has 0 radical (unpaired) electrons. The van der Waals surface area contributed by atoms with Crippen molar-refractivity contribution in [1.82, 2.24) is 0 Å². The predicted octanol–water partition coefficient (Wildman–Crippen LogP) is -1.37. The maximum Gasteiger partial charge on any atom is 0.305 e. The number of aliphatic hydroxyl groups excluding tert-OH is 2. The third-order valence-corrected chi connectivity index (χ3v) is 2.13. The lowest BCUT2D eigenvalue weighted by Gasteiger charge is -2.28. The predicted molar refractivity (Wildman–Crippen MR) is 48.0 cm³/mol. The molecule has 6 nitrogen and oxygen atoms in total. The molecule has 1 heterocycles. The first kappa shape index (κ1) is 12.1. The van der Waals surface area contributed by atoms with Crippen molar-refractivity contribution in [3.63, 3.8) is 0 Å². The quantitative estimate of drug-likeness (QED) is 0.568. The van der Waals surface area contributed by atoms with E-state index < -0.39 is 30.1 Å². The smallest absolute Gasteiger partial charge is 0.305 e. The molecule has 2 unspecified atom stereocenters. The molecule has 0 aromatic carbocycles. The average Bonchev–Trinajstić information content (AvgIpc) is 2.24. The summed E-state index contributed by atoms with van der Waals surface area (Å²) >= 11 is 0. The zero-order valence-corrected chi connectivity index (χ0v) is 8.38. The molecule has 1 rings (SSSR count). The molecule has 1 aliphatic rings. The van der Waals surface area contributed by atoms with Gasteiger partial charge in [-0.25, -0.2) is 0 Å². The molecule has 0 aliphatic carbocycles. The number of carbonyl (C=O) groups is 2. The number of carbonyl (C=O) groups excluding carboxylic acids is 2. The third-order valence-electron chi connectivity index (χ3n) is 2.13. The minimum absolute atomic E-state index is 0.138. The maximum absolute atomic E-state index is 11.3. The lowest BCUT2D eigenvalue weighted by atomic mass is 10.0. The number of ketones is 1. The number of hydrogen-bond acceptors (Lipinski definition) is 6. The van der Waals surface area contributed by atoms with Gasteiger partial charge in [-0.05, 0) is 0 Å². The number of hydrogen-bond donors (Lipinski definition) is 2. The van der Waals surface area contributed by atoms with Gasteiger partial charge >= 0.3 is 5.97 Å². The Balaban J connectivity index is 2.43. The summed E-state index contributed by atoms with van der Waals surface area (Å²) in [5.74, 6) is -1.09. The van der Waals surface area contributed by atoms with Crippen molar-refractivity contribution >= 4 is 11.8 Å². The number of rotatable bonds is 3. The van der Waals surface area contributed by atoms with E-state index in [4.69, 9.17) is 14.6 Å². The summed E-state index contributed by atoms with van der Waals surface area (Å²) in [4.78, 5) is 22.1. The number of esters is 1. The topological polar surface area (TPSA) is 93.1 Å². The Morgan fingerprint density at radius 3 is 2.87 bits per heavy atom. The molecule has 0 aromatic rings. The van der Waals surface area contributed by atoms with Gasteiger partial charge in [0.25, 0.3) is 0 Å². The van der Waals surface area contributed by atoms with E-state index in [2.05, 4.69) is 0 Å². The third kappa shape index (κ3) is 2.98. The molecule has 0 bridgehead atoms. The summed E-state index contributed by atoms with van der Waals surface area (Å²) in [5, 5.41) is 18.3. The fourth-order valence-electron chi connectivity index (χ4n) is 1.17. The monoisotopic (exact) mass is 218 g/mol. The Hall–Kier alpha value is -0.980. The first-order chi connectivity index (χ1) is 7.06. The van der Waals surface area contributed by atoms with E-state index >= 15 is 0 Å². The van der Waals surface area contributed by atoms with Gasteiger partial charge in [0.2, 0.25) is 0 Å². The van der Waals surface area contributed by atoms with Gasteiger partial charge in [-0.3, -0.25) is 9.59 Å². The SMILES string of the molecule is CCC(=O)OCC1OCC(O)[C@H](O)C1=O. The van der Waals surface area contributed by atoms with Crippen molar-refractivity contribution < 1.29 is 29.3 Å². The molecule has 6 heteroatoms. The fraction of sp³-hybridized carbons (Fsp3) is 0.778. The first-order valence-electron chi connectivity index (χ1n) is 4.73. The highest BCUT2D eigenvalue weighted by Gasteiger charge is 2.37. The second kappa shape index (κ2) is 5.20. The average molecular weight is 218 g/mol. The lowest BCUT2D eigenvalue weighted by molar-refractivity contribution is -0.172. The highest BCUT2D eigenvalue weighted by molar-refractivity contribution is 5.88. The van der Waals surface area contributed by atoms with Gasteiger partial charge in [0, 0.05) is 6.42 Å². The van der Waals surface area contributed by atoms with Crippen LogP contribution in [0.4, 0.5) is 0 Å². The minimum Gasteiger partial charge on any atom is -0.462 e. The molecule has 2 N–H and O–H groups in total. The Kier molecular flexibility index (Phi) is 4.19. The van der Waals surface area contributed by atoms with Crippen molar-refractivity contribution in [1.29, 1.82) is 0 Å².